The molecule has 0 unspecified atom stereocenters. The van der Waals surface area contributed by atoms with Gasteiger partial charge in [-0.1, -0.05) is 42.5 Å². The van der Waals surface area contributed by atoms with Gasteiger partial charge in [0.05, 0.1) is 0 Å². The van der Waals surface area contributed by atoms with Crippen molar-refractivity contribution in [2.45, 2.75) is 0 Å². The van der Waals surface area contributed by atoms with Crippen LogP contribution in [0.15, 0.2) is 66.9 Å². The first kappa shape index (κ1) is 14.7. The van der Waals surface area contributed by atoms with Crippen LogP contribution < -0.4 is 4.90 Å². The van der Waals surface area contributed by atoms with Gasteiger partial charge in [-0.05, 0) is 23.6 Å². The molecule has 0 spiro atoms. The summed E-state index contributed by atoms with van der Waals surface area (Å²) in [5, 5.41) is 2.37. The molecule has 4 rings (SSSR count). The van der Waals surface area contributed by atoms with Crippen molar-refractivity contribution in [1.82, 2.24) is 9.88 Å². The maximum atomic E-state index is 12.5. The molecule has 0 radical (unpaired) electrons. The predicted octanol–water partition coefficient (Wildman–Crippen LogP) is 3.20. The van der Waals surface area contributed by atoms with E-state index in [2.05, 4.69) is 22.0 Å². The van der Waals surface area contributed by atoms with E-state index < -0.39 is 0 Å². The van der Waals surface area contributed by atoms with E-state index in [4.69, 9.17) is 0 Å². The Labute approximate surface area is 141 Å². The van der Waals surface area contributed by atoms with Crippen LogP contribution in [0.5, 0.6) is 0 Å². The number of amides is 1. The largest absolute Gasteiger partial charge is 0.353 e. The van der Waals surface area contributed by atoms with Crippen LogP contribution in [0.1, 0.15) is 10.4 Å². The number of anilines is 1. The molecule has 4 nitrogen and oxygen atoms in total. The Hall–Kier alpha value is -2.88. The lowest BCUT2D eigenvalue weighted by molar-refractivity contribution is 0.0746. The Balaban J connectivity index is 1.51. The summed E-state index contributed by atoms with van der Waals surface area (Å²) in [7, 11) is 0. The summed E-state index contributed by atoms with van der Waals surface area (Å²) in [5.41, 5.74) is 0.759. The van der Waals surface area contributed by atoms with Crippen molar-refractivity contribution in [3.05, 3.63) is 72.4 Å². The zero-order chi connectivity index (χ0) is 16.4. The summed E-state index contributed by atoms with van der Waals surface area (Å²) in [6.07, 6.45) is 1.86. The normalized spacial score (nSPS) is 14.8. The fourth-order valence-electron chi connectivity index (χ4n) is 3.24. The van der Waals surface area contributed by atoms with Crippen LogP contribution in [0.25, 0.3) is 10.8 Å². The highest BCUT2D eigenvalue weighted by molar-refractivity contribution is 5.95. The number of pyridine rings is 1. The maximum absolute atomic E-state index is 12.5. The Morgan fingerprint density at radius 2 is 1.54 bits per heavy atom. The fraction of sp³-hybridized carbons (Fsp3) is 0.200. The van der Waals surface area contributed by atoms with Crippen LogP contribution in [0.4, 0.5) is 5.82 Å². The van der Waals surface area contributed by atoms with E-state index in [0.717, 1.165) is 37.6 Å². The number of benzene rings is 2. The quantitative estimate of drug-likeness (QED) is 0.728. The topological polar surface area (TPSA) is 36.4 Å². The molecule has 1 amide bonds. The summed E-state index contributed by atoms with van der Waals surface area (Å²) in [5.74, 6) is 1.13. The van der Waals surface area contributed by atoms with Crippen molar-refractivity contribution < 1.29 is 4.79 Å². The molecular weight excluding hydrogens is 298 g/mol. The molecule has 2 aromatic carbocycles. The molecule has 4 heteroatoms. The van der Waals surface area contributed by atoms with E-state index in [-0.39, 0.29) is 5.91 Å². The first-order valence-electron chi connectivity index (χ1n) is 8.26. The zero-order valence-corrected chi connectivity index (χ0v) is 13.4. The average Bonchev–Trinajstić information content (AvgIpc) is 2.68. The van der Waals surface area contributed by atoms with E-state index in [1.807, 2.05) is 59.6 Å². The van der Waals surface area contributed by atoms with E-state index in [1.165, 1.54) is 10.8 Å². The van der Waals surface area contributed by atoms with Crippen molar-refractivity contribution in [3.8, 4) is 0 Å². The van der Waals surface area contributed by atoms with Gasteiger partial charge >= 0.3 is 0 Å². The number of rotatable bonds is 2. The van der Waals surface area contributed by atoms with Crippen LogP contribution in [0, 0.1) is 0 Å². The SMILES string of the molecule is O=C(c1ccccc1)N1CCN(c2nccc3ccccc23)CC1. The minimum absolute atomic E-state index is 0.112. The van der Waals surface area contributed by atoms with Gasteiger partial charge in [0, 0.05) is 43.3 Å². The molecule has 1 aliphatic heterocycles. The van der Waals surface area contributed by atoms with Crippen LogP contribution in [-0.2, 0) is 0 Å². The van der Waals surface area contributed by atoms with Crippen molar-refractivity contribution in [3.63, 3.8) is 0 Å². The lowest BCUT2D eigenvalue weighted by atomic mass is 10.1. The molecule has 120 valence electrons. The summed E-state index contributed by atoms with van der Waals surface area (Å²) in [4.78, 5) is 21.3. The number of carbonyl (C=O) groups excluding carboxylic acids is 1. The van der Waals surface area contributed by atoms with Gasteiger partial charge in [-0.15, -0.1) is 0 Å². The third-order valence-electron chi connectivity index (χ3n) is 4.54. The smallest absolute Gasteiger partial charge is 0.253 e. The molecule has 0 bridgehead atoms. The predicted molar refractivity (Wildman–Crippen MR) is 96.3 cm³/mol. The molecule has 0 aliphatic carbocycles. The van der Waals surface area contributed by atoms with E-state index in [0.29, 0.717) is 0 Å². The van der Waals surface area contributed by atoms with E-state index >= 15 is 0 Å². The van der Waals surface area contributed by atoms with Gasteiger partial charge < -0.3 is 9.80 Å². The highest BCUT2D eigenvalue weighted by Crippen LogP contribution is 2.25. The van der Waals surface area contributed by atoms with Gasteiger partial charge in [-0.2, -0.15) is 0 Å². The average molecular weight is 317 g/mol. The van der Waals surface area contributed by atoms with Gasteiger partial charge in [0.1, 0.15) is 5.82 Å². The zero-order valence-electron chi connectivity index (χ0n) is 13.4. The number of fused-ring (bicyclic) bond motifs is 1. The van der Waals surface area contributed by atoms with Gasteiger partial charge in [0.15, 0.2) is 0 Å². The van der Waals surface area contributed by atoms with E-state index in [1.54, 1.807) is 0 Å². The lowest BCUT2D eigenvalue weighted by Crippen LogP contribution is -2.49. The third kappa shape index (κ3) is 2.71. The van der Waals surface area contributed by atoms with Gasteiger partial charge in [-0.3, -0.25) is 4.79 Å². The Morgan fingerprint density at radius 3 is 2.33 bits per heavy atom. The van der Waals surface area contributed by atoms with Gasteiger partial charge in [-0.25, -0.2) is 4.98 Å². The maximum Gasteiger partial charge on any atom is 0.253 e. The highest BCUT2D eigenvalue weighted by Gasteiger charge is 2.23. The van der Waals surface area contributed by atoms with Crippen LogP contribution in [0.3, 0.4) is 0 Å². The number of piperazine rings is 1. The molecule has 2 heterocycles. The first-order valence-corrected chi connectivity index (χ1v) is 8.26. The third-order valence-corrected chi connectivity index (χ3v) is 4.54. The monoisotopic (exact) mass is 317 g/mol. The Kier molecular flexibility index (Phi) is 3.87. The first-order chi connectivity index (χ1) is 11.8. The molecule has 1 aromatic heterocycles. The van der Waals surface area contributed by atoms with Crippen LogP contribution >= 0.6 is 0 Å². The summed E-state index contributed by atoms with van der Waals surface area (Å²) >= 11 is 0. The second-order valence-electron chi connectivity index (χ2n) is 6.00. The second kappa shape index (κ2) is 6.32. The minimum atomic E-state index is 0.112. The van der Waals surface area contributed by atoms with Crippen LogP contribution in [0.2, 0.25) is 0 Å². The number of aromatic nitrogens is 1. The number of hydrogen-bond donors (Lipinski definition) is 0. The summed E-state index contributed by atoms with van der Waals surface area (Å²) in [6, 6.07) is 19.8. The van der Waals surface area contributed by atoms with Gasteiger partial charge in [0.2, 0.25) is 0 Å². The lowest BCUT2D eigenvalue weighted by Gasteiger charge is -2.36. The molecule has 1 fully saturated rings. The molecule has 24 heavy (non-hydrogen) atoms. The number of hydrogen-bond acceptors (Lipinski definition) is 3. The molecule has 0 N–H and O–H groups in total. The van der Waals surface area contributed by atoms with Crippen molar-refractivity contribution in [2.24, 2.45) is 0 Å². The standard InChI is InChI=1S/C20H19N3O/c24-20(17-7-2-1-3-8-17)23-14-12-22(13-15-23)19-18-9-5-4-6-16(18)10-11-21-19/h1-11H,12-15H2. The summed E-state index contributed by atoms with van der Waals surface area (Å²) in [6.45, 7) is 3.05. The molecule has 0 atom stereocenters. The molecule has 3 aromatic rings. The molecule has 1 aliphatic rings. The van der Waals surface area contributed by atoms with Crippen molar-refractivity contribution in [1.29, 1.82) is 0 Å². The second-order valence-corrected chi connectivity index (χ2v) is 6.00. The summed E-state index contributed by atoms with van der Waals surface area (Å²) < 4.78 is 0. The minimum Gasteiger partial charge on any atom is -0.353 e. The molecular formula is C20H19N3O. The Morgan fingerprint density at radius 1 is 0.833 bits per heavy atom. The molecule has 0 saturated carbocycles. The van der Waals surface area contributed by atoms with Crippen molar-refractivity contribution >= 4 is 22.5 Å². The van der Waals surface area contributed by atoms with Crippen molar-refractivity contribution in [2.75, 3.05) is 31.1 Å². The highest BCUT2D eigenvalue weighted by atomic mass is 16.2. The van der Waals surface area contributed by atoms with E-state index in [9.17, 15) is 4.79 Å². The Bertz CT molecular complexity index is 850. The number of carbonyl (C=O) groups is 1. The number of nitrogens with zero attached hydrogens (tertiary/aromatic N) is 3. The van der Waals surface area contributed by atoms with Gasteiger partial charge in [0.25, 0.3) is 5.91 Å². The van der Waals surface area contributed by atoms with Crippen LogP contribution in [-0.4, -0.2) is 42.0 Å². The molecule has 1 saturated heterocycles. The fourth-order valence-corrected chi connectivity index (χ4v) is 3.24.